The summed E-state index contributed by atoms with van der Waals surface area (Å²) in [5.41, 5.74) is 3.50. The van der Waals surface area contributed by atoms with Crippen LogP contribution >= 0.6 is 0 Å². The van der Waals surface area contributed by atoms with Crippen molar-refractivity contribution < 1.29 is 23.9 Å². The SMILES string of the molecule is C[N+](C(=O)C1CC1)(C1CCN(c2ccc3cnccc3c2)CC1)C1CCc2ccc(OC(=O)O)cc21. The van der Waals surface area contributed by atoms with E-state index in [1.807, 2.05) is 30.6 Å². The second kappa shape index (κ2) is 8.89. The third-order valence-electron chi connectivity index (χ3n) is 8.63. The summed E-state index contributed by atoms with van der Waals surface area (Å²) in [7, 11) is 2.15. The summed E-state index contributed by atoms with van der Waals surface area (Å²) < 4.78 is 5.40. The molecule has 1 amide bonds. The maximum absolute atomic E-state index is 13.9. The van der Waals surface area contributed by atoms with Gasteiger partial charge >= 0.3 is 12.1 Å². The number of carboxylic acid groups (broad SMARTS) is 1. The molecule has 3 aromatic rings. The number of nitrogens with zero attached hydrogens (tertiary/aromatic N) is 3. The number of aromatic nitrogens is 1. The van der Waals surface area contributed by atoms with Gasteiger partial charge in [-0.1, -0.05) is 12.1 Å². The summed E-state index contributed by atoms with van der Waals surface area (Å²) in [6.07, 6.45) is 8.08. The lowest BCUT2D eigenvalue weighted by Gasteiger charge is -2.47. The normalized spacial score (nSPS) is 21.7. The van der Waals surface area contributed by atoms with Crippen molar-refractivity contribution in [2.24, 2.45) is 5.92 Å². The van der Waals surface area contributed by atoms with Crippen molar-refractivity contribution in [3.8, 4) is 5.75 Å². The lowest BCUT2D eigenvalue weighted by molar-refractivity contribution is -0.893. The number of fused-ring (bicyclic) bond motifs is 2. The van der Waals surface area contributed by atoms with Crippen LogP contribution in [0.4, 0.5) is 10.5 Å². The Kier molecular flexibility index (Phi) is 5.67. The molecule has 2 unspecified atom stereocenters. The maximum Gasteiger partial charge on any atom is 0.511 e. The molecule has 1 aliphatic heterocycles. The van der Waals surface area contributed by atoms with Gasteiger partial charge in [-0.2, -0.15) is 0 Å². The fraction of sp³-hybridized carbons (Fsp3) is 0.414. The summed E-state index contributed by atoms with van der Waals surface area (Å²) >= 11 is 0. The first-order chi connectivity index (χ1) is 17.4. The molecule has 7 nitrogen and oxygen atoms in total. The Morgan fingerprint density at radius 2 is 1.81 bits per heavy atom. The molecule has 7 heteroatoms. The quantitative estimate of drug-likeness (QED) is 0.298. The van der Waals surface area contributed by atoms with Crippen LogP contribution in [0.2, 0.25) is 0 Å². The topological polar surface area (TPSA) is 79.7 Å². The number of piperidine rings is 1. The molecule has 6 rings (SSSR count). The van der Waals surface area contributed by atoms with Crippen LogP contribution in [0, 0.1) is 5.92 Å². The van der Waals surface area contributed by atoms with Gasteiger partial charge in [0.05, 0.1) is 19.0 Å². The van der Waals surface area contributed by atoms with Crippen molar-refractivity contribution in [3.63, 3.8) is 0 Å². The summed E-state index contributed by atoms with van der Waals surface area (Å²) in [5, 5.41) is 11.4. The van der Waals surface area contributed by atoms with E-state index in [9.17, 15) is 9.59 Å². The molecular formula is C29H32N3O4+. The van der Waals surface area contributed by atoms with Gasteiger partial charge in [0.1, 0.15) is 11.8 Å². The third-order valence-corrected chi connectivity index (χ3v) is 8.63. The van der Waals surface area contributed by atoms with Gasteiger partial charge in [-0.3, -0.25) is 9.47 Å². The van der Waals surface area contributed by atoms with Crippen LogP contribution in [0.15, 0.2) is 54.9 Å². The number of pyridine rings is 1. The van der Waals surface area contributed by atoms with E-state index in [0.717, 1.165) is 62.6 Å². The Morgan fingerprint density at radius 3 is 2.56 bits per heavy atom. The number of benzene rings is 2. The van der Waals surface area contributed by atoms with E-state index in [2.05, 4.69) is 35.1 Å². The van der Waals surface area contributed by atoms with Gasteiger partial charge in [-0.05, 0) is 60.5 Å². The van der Waals surface area contributed by atoms with E-state index in [-0.39, 0.29) is 18.0 Å². The van der Waals surface area contributed by atoms with Crippen LogP contribution in [-0.2, 0) is 11.2 Å². The highest BCUT2D eigenvalue weighted by molar-refractivity contribution is 5.85. The van der Waals surface area contributed by atoms with Crippen LogP contribution < -0.4 is 9.64 Å². The first-order valence-corrected chi connectivity index (χ1v) is 13.0. The van der Waals surface area contributed by atoms with E-state index in [1.54, 1.807) is 6.07 Å². The summed E-state index contributed by atoms with van der Waals surface area (Å²) in [5.74, 6) is 0.846. The van der Waals surface area contributed by atoms with E-state index in [4.69, 9.17) is 9.84 Å². The molecule has 2 atom stereocenters. The Bertz CT molecular complexity index is 1330. The molecule has 186 valence electrons. The Balaban J connectivity index is 1.27. The molecule has 2 fully saturated rings. The van der Waals surface area contributed by atoms with Crippen molar-refractivity contribution in [2.75, 3.05) is 25.0 Å². The van der Waals surface area contributed by atoms with Gasteiger partial charge in [0, 0.05) is 61.4 Å². The van der Waals surface area contributed by atoms with Crippen molar-refractivity contribution in [2.45, 2.75) is 50.6 Å². The minimum absolute atomic E-state index is 0.0372. The van der Waals surface area contributed by atoms with Gasteiger partial charge < -0.3 is 14.7 Å². The number of carbonyl (C=O) groups excluding carboxylic acids is 1. The second-order valence-electron chi connectivity index (χ2n) is 10.7. The van der Waals surface area contributed by atoms with Crippen LogP contribution in [0.3, 0.4) is 0 Å². The lowest BCUT2D eigenvalue weighted by Crippen LogP contribution is -2.61. The predicted octanol–water partition coefficient (Wildman–Crippen LogP) is 5.33. The highest BCUT2D eigenvalue weighted by atomic mass is 16.7. The van der Waals surface area contributed by atoms with E-state index in [0.29, 0.717) is 16.1 Å². The number of hydrogen-bond donors (Lipinski definition) is 1. The maximum atomic E-state index is 13.9. The van der Waals surface area contributed by atoms with Crippen molar-refractivity contribution in [1.82, 2.24) is 4.98 Å². The lowest BCUT2D eigenvalue weighted by atomic mass is 9.93. The number of carbonyl (C=O) groups is 2. The van der Waals surface area contributed by atoms with Crippen LogP contribution in [0.5, 0.6) is 5.75 Å². The zero-order valence-electron chi connectivity index (χ0n) is 20.6. The second-order valence-corrected chi connectivity index (χ2v) is 10.7. The molecule has 2 aliphatic carbocycles. The van der Waals surface area contributed by atoms with Crippen LogP contribution in [-0.4, -0.2) is 52.8 Å². The van der Waals surface area contributed by atoms with E-state index in [1.165, 1.54) is 16.6 Å². The average molecular weight is 487 g/mol. The molecule has 0 bridgehead atoms. The Labute approximate surface area is 210 Å². The number of rotatable bonds is 5. The number of hydrogen-bond acceptors (Lipinski definition) is 5. The van der Waals surface area contributed by atoms with E-state index >= 15 is 0 Å². The minimum Gasteiger partial charge on any atom is -0.449 e. The van der Waals surface area contributed by atoms with Gasteiger partial charge in [0.25, 0.3) is 0 Å². The Morgan fingerprint density at radius 1 is 1.00 bits per heavy atom. The number of anilines is 1. The van der Waals surface area contributed by atoms with Crippen molar-refractivity contribution >= 4 is 28.5 Å². The molecule has 0 radical (unpaired) electrons. The molecule has 0 spiro atoms. The molecule has 1 N–H and O–H groups in total. The smallest absolute Gasteiger partial charge is 0.449 e. The van der Waals surface area contributed by atoms with Gasteiger partial charge in [-0.15, -0.1) is 0 Å². The van der Waals surface area contributed by atoms with Crippen LogP contribution in [0.1, 0.15) is 49.3 Å². The van der Waals surface area contributed by atoms with Crippen LogP contribution in [0.25, 0.3) is 10.8 Å². The van der Waals surface area contributed by atoms with Crippen molar-refractivity contribution in [3.05, 3.63) is 66.0 Å². The molecule has 1 saturated heterocycles. The monoisotopic (exact) mass is 486 g/mol. The van der Waals surface area contributed by atoms with Gasteiger partial charge in [-0.25, -0.2) is 9.59 Å². The zero-order valence-corrected chi connectivity index (χ0v) is 20.6. The molecular weight excluding hydrogens is 454 g/mol. The standard InChI is InChI=1S/C29H31N3O4/c1-32(28(33)20-2-3-20,27-9-6-19-5-8-25(17-26(19)27)36-29(34)35)24-11-14-31(15-12-24)23-7-4-22-18-30-13-10-21(22)16-23/h4-5,7-8,10,13,16-18,20,24,27H,2-3,6,9,11-12,14-15H2,1H3/p+1. The molecule has 3 aliphatic rings. The number of amides is 1. The number of ether oxygens (including phenoxy) is 1. The summed E-state index contributed by atoms with van der Waals surface area (Å²) in [6.45, 7) is 1.82. The summed E-state index contributed by atoms with van der Waals surface area (Å²) in [6, 6.07) is 14.4. The first-order valence-electron chi connectivity index (χ1n) is 13.0. The summed E-state index contributed by atoms with van der Waals surface area (Å²) in [4.78, 5) is 31.7. The minimum atomic E-state index is -1.31. The van der Waals surface area contributed by atoms with Crippen molar-refractivity contribution in [1.29, 1.82) is 0 Å². The first kappa shape index (κ1) is 23.0. The molecule has 2 heterocycles. The molecule has 1 aromatic heterocycles. The average Bonchev–Trinajstić information content (AvgIpc) is 3.66. The number of quaternary nitrogens is 1. The fourth-order valence-electron chi connectivity index (χ4n) is 6.52. The molecule has 36 heavy (non-hydrogen) atoms. The third kappa shape index (κ3) is 4.01. The van der Waals surface area contributed by atoms with Gasteiger partial charge in [0.2, 0.25) is 0 Å². The Hall–Kier alpha value is -3.45. The molecule has 1 saturated carbocycles. The zero-order chi connectivity index (χ0) is 24.9. The molecule has 2 aromatic carbocycles. The largest absolute Gasteiger partial charge is 0.511 e. The number of aryl methyl sites for hydroxylation is 1. The predicted molar refractivity (Wildman–Crippen MR) is 137 cm³/mol. The van der Waals surface area contributed by atoms with E-state index < -0.39 is 6.16 Å². The van der Waals surface area contributed by atoms with Gasteiger partial charge in [0.15, 0.2) is 0 Å². The fourth-order valence-corrected chi connectivity index (χ4v) is 6.52. The highest BCUT2D eigenvalue weighted by Crippen LogP contribution is 2.48. The highest BCUT2D eigenvalue weighted by Gasteiger charge is 2.54.